The molecule has 12 heteroatoms. The summed E-state index contributed by atoms with van der Waals surface area (Å²) in [5.41, 5.74) is -5.63. The fourth-order valence-electron chi connectivity index (χ4n) is 1.96. The molecule has 0 unspecified atom stereocenters. The van der Waals surface area contributed by atoms with Gasteiger partial charge in [-0.2, -0.15) is 28.4 Å². The van der Waals surface area contributed by atoms with Crippen molar-refractivity contribution in [2.24, 2.45) is 5.10 Å². The Kier molecular flexibility index (Phi) is 3.67. The first kappa shape index (κ1) is 16.9. The minimum absolute atomic E-state index is 0.0689. The van der Waals surface area contributed by atoms with Crippen LogP contribution in [0.25, 0.3) is 0 Å². The van der Waals surface area contributed by atoms with E-state index in [0.29, 0.717) is 0 Å². The number of rotatable bonds is 3. The van der Waals surface area contributed by atoms with Gasteiger partial charge in [0.1, 0.15) is 17.9 Å². The third-order valence-electron chi connectivity index (χ3n) is 3.45. The van der Waals surface area contributed by atoms with E-state index < -0.39 is 40.4 Å². The molecule has 1 N–H and O–H groups in total. The standard InChI is InChI=1S/C11H12F3N5O4/c1-9(2,17-6-7(5-16-17)19(22)23)8(20)18-10(21,3-4-15-18)11(12,13)14/h4-6,21H,3H2,1-2H3/t10-/m1/s1. The number of aromatic nitrogens is 2. The summed E-state index contributed by atoms with van der Waals surface area (Å²) in [6, 6.07) is 0. The van der Waals surface area contributed by atoms with Gasteiger partial charge in [0.05, 0.1) is 4.92 Å². The highest BCUT2D eigenvalue weighted by Gasteiger charge is 2.63. The molecule has 0 bridgehead atoms. The Morgan fingerprint density at radius 1 is 1.48 bits per heavy atom. The number of hydrazone groups is 1. The van der Waals surface area contributed by atoms with Crippen molar-refractivity contribution >= 4 is 17.8 Å². The van der Waals surface area contributed by atoms with Crippen LogP contribution in [0.3, 0.4) is 0 Å². The lowest BCUT2D eigenvalue weighted by atomic mass is 10.0. The highest BCUT2D eigenvalue weighted by molar-refractivity contribution is 5.86. The first-order valence-corrected chi connectivity index (χ1v) is 6.27. The van der Waals surface area contributed by atoms with E-state index in [1.807, 2.05) is 0 Å². The number of aliphatic hydroxyl groups is 1. The fourth-order valence-corrected chi connectivity index (χ4v) is 1.96. The van der Waals surface area contributed by atoms with E-state index in [1.54, 1.807) is 0 Å². The molecular formula is C11H12F3N5O4. The number of alkyl halides is 3. The van der Waals surface area contributed by atoms with Crippen molar-refractivity contribution in [1.82, 2.24) is 14.8 Å². The van der Waals surface area contributed by atoms with E-state index in [4.69, 9.17) is 0 Å². The molecule has 1 aliphatic rings. The second-order valence-electron chi connectivity index (χ2n) is 5.39. The van der Waals surface area contributed by atoms with Gasteiger partial charge < -0.3 is 5.11 Å². The Balaban J connectivity index is 2.37. The zero-order chi connectivity index (χ0) is 17.6. The predicted molar refractivity (Wildman–Crippen MR) is 69.2 cm³/mol. The summed E-state index contributed by atoms with van der Waals surface area (Å²) < 4.78 is 39.9. The number of nitrogens with zero attached hydrogens (tertiary/aromatic N) is 5. The number of carbonyl (C=O) groups is 1. The maximum absolute atomic E-state index is 13.0. The van der Waals surface area contributed by atoms with E-state index >= 15 is 0 Å². The van der Waals surface area contributed by atoms with Gasteiger partial charge in [-0.3, -0.25) is 19.6 Å². The van der Waals surface area contributed by atoms with Gasteiger partial charge in [0.15, 0.2) is 0 Å². The zero-order valence-corrected chi connectivity index (χ0v) is 12.0. The first-order chi connectivity index (χ1) is 10.4. The summed E-state index contributed by atoms with van der Waals surface area (Å²) in [7, 11) is 0. The molecule has 2 rings (SSSR count). The summed E-state index contributed by atoms with van der Waals surface area (Å²) in [6.07, 6.45) is -3.49. The molecule has 9 nitrogen and oxygen atoms in total. The third kappa shape index (κ3) is 2.54. The van der Waals surface area contributed by atoms with Gasteiger partial charge in [0.2, 0.25) is 0 Å². The molecule has 1 aliphatic heterocycles. The largest absolute Gasteiger partial charge is 0.438 e. The highest BCUT2D eigenvalue weighted by Crippen LogP contribution is 2.40. The Labute approximate surface area is 127 Å². The van der Waals surface area contributed by atoms with Crippen LogP contribution in [0, 0.1) is 10.1 Å². The molecule has 126 valence electrons. The van der Waals surface area contributed by atoms with Crippen LogP contribution in [-0.2, 0) is 10.3 Å². The van der Waals surface area contributed by atoms with Crippen molar-refractivity contribution in [3.63, 3.8) is 0 Å². The van der Waals surface area contributed by atoms with Crippen LogP contribution in [0.5, 0.6) is 0 Å². The van der Waals surface area contributed by atoms with E-state index in [2.05, 4.69) is 10.2 Å². The van der Waals surface area contributed by atoms with Crippen molar-refractivity contribution in [2.75, 3.05) is 0 Å². The maximum atomic E-state index is 13.0. The van der Waals surface area contributed by atoms with Crippen molar-refractivity contribution in [2.45, 2.75) is 37.7 Å². The average Bonchev–Trinajstić information content (AvgIpc) is 3.04. The summed E-state index contributed by atoms with van der Waals surface area (Å²) in [5.74, 6) is -1.22. The van der Waals surface area contributed by atoms with Gasteiger partial charge in [-0.05, 0) is 13.8 Å². The molecule has 0 aromatic carbocycles. The van der Waals surface area contributed by atoms with E-state index in [1.165, 1.54) is 13.8 Å². The molecule has 0 saturated heterocycles. The van der Waals surface area contributed by atoms with E-state index in [9.17, 15) is 33.2 Å². The van der Waals surface area contributed by atoms with Crippen LogP contribution in [-0.4, -0.2) is 48.8 Å². The number of amides is 1. The summed E-state index contributed by atoms with van der Waals surface area (Å²) >= 11 is 0. The summed E-state index contributed by atoms with van der Waals surface area (Å²) in [6.45, 7) is 2.41. The van der Waals surface area contributed by atoms with Crippen LogP contribution in [0.1, 0.15) is 20.3 Å². The number of halogens is 3. The van der Waals surface area contributed by atoms with E-state index in [-0.39, 0.29) is 5.01 Å². The number of nitro groups is 1. The lowest BCUT2D eigenvalue weighted by Gasteiger charge is -2.36. The zero-order valence-electron chi connectivity index (χ0n) is 12.0. The quantitative estimate of drug-likeness (QED) is 0.654. The highest BCUT2D eigenvalue weighted by atomic mass is 19.4. The Morgan fingerprint density at radius 3 is 2.57 bits per heavy atom. The van der Waals surface area contributed by atoms with Crippen molar-refractivity contribution in [1.29, 1.82) is 0 Å². The Hall–Kier alpha value is -2.50. The van der Waals surface area contributed by atoms with Gasteiger partial charge in [-0.15, -0.1) is 0 Å². The van der Waals surface area contributed by atoms with Crippen molar-refractivity contribution in [3.8, 4) is 0 Å². The number of hydrogen-bond donors (Lipinski definition) is 1. The van der Waals surface area contributed by atoms with Crippen LogP contribution in [0.4, 0.5) is 18.9 Å². The van der Waals surface area contributed by atoms with E-state index in [0.717, 1.165) is 23.3 Å². The average molecular weight is 335 g/mol. The van der Waals surface area contributed by atoms with Gasteiger partial charge in [0.25, 0.3) is 11.6 Å². The Bertz CT molecular complexity index is 683. The van der Waals surface area contributed by atoms with Crippen LogP contribution in [0.15, 0.2) is 17.5 Å². The summed E-state index contributed by atoms with van der Waals surface area (Å²) in [4.78, 5) is 22.3. The third-order valence-corrected chi connectivity index (χ3v) is 3.45. The lowest BCUT2D eigenvalue weighted by Crippen LogP contribution is -2.60. The topological polar surface area (TPSA) is 114 Å². The molecule has 1 amide bonds. The number of hydrogen-bond acceptors (Lipinski definition) is 6. The van der Waals surface area contributed by atoms with Crippen molar-refractivity contribution < 1.29 is 28.0 Å². The summed E-state index contributed by atoms with van der Waals surface area (Å²) in [5, 5.41) is 27.3. The monoisotopic (exact) mass is 335 g/mol. The normalized spacial score (nSPS) is 21.7. The van der Waals surface area contributed by atoms with Crippen LogP contribution >= 0.6 is 0 Å². The minimum Gasteiger partial charge on any atom is -0.362 e. The van der Waals surface area contributed by atoms with Gasteiger partial charge in [-0.1, -0.05) is 0 Å². The fraction of sp³-hybridized carbons (Fsp3) is 0.545. The molecule has 0 aliphatic carbocycles. The maximum Gasteiger partial charge on any atom is 0.438 e. The minimum atomic E-state index is -5.12. The second-order valence-corrected chi connectivity index (χ2v) is 5.39. The van der Waals surface area contributed by atoms with Crippen LogP contribution in [0.2, 0.25) is 0 Å². The van der Waals surface area contributed by atoms with Gasteiger partial charge >= 0.3 is 11.9 Å². The molecular weight excluding hydrogens is 323 g/mol. The molecule has 1 aromatic heterocycles. The molecule has 0 saturated carbocycles. The second kappa shape index (κ2) is 5.01. The first-order valence-electron chi connectivity index (χ1n) is 6.27. The van der Waals surface area contributed by atoms with Crippen molar-refractivity contribution in [3.05, 3.63) is 22.5 Å². The molecule has 0 radical (unpaired) electrons. The van der Waals surface area contributed by atoms with Gasteiger partial charge in [-0.25, -0.2) is 0 Å². The number of carbonyl (C=O) groups excluding carboxylic acids is 1. The molecule has 0 fully saturated rings. The molecule has 0 spiro atoms. The Morgan fingerprint density at radius 2 is 2.09 bits per heavy atom. The van der Waals surface area contributed by atoms with Gasteiger partial charge in [0, 0.05) is 12.6 Å². The molecule has 1 aromatic rings. The lowest BCUT2D eigenvalue weighted by molar-refractivity contribution is -0.385. The smallest absolute Gasteiger partial charge is 0.362 e. The molecule has 1 atom stereocenters. The molecule has 2 heterocycles. The SMILES string of the molecule is CC(C)(C(=O)N1N=CC[C@@]1(O)C(F)(F)F)n1cc([N+](=O)[O-])cn1. The van der Waals surface area contributed by atoms with Crippen LogP contribution < -0.4 is 0 Å². The predicted octanol–water partition coefficient (Wildman–Crippen LogP) is 0.995. The molecule has 23 heavy (non-hydrogen) atoms.